The molecule has 0 fully saturated rings. The Balaban J connectivity index is 1.50. The number of benzene rings is 1. The summed E-state index contributed by atoms with van der Waals surface area (Å²) >= 11 is 0. The molecule has 7 nitrogen and oxygen atoms in total. The largest absolute Gasteiger partial charge is 0.383 e. The van der Waals surface area contributed by atoms with Gasteiger partial charge in [0.25, 0.3) is 5.56 Å². The van der Waals surface area contributed by atoms with Crippen LogP contribution in [0.4, 0.5) is 14.5 Å². The van der Waals surface area contributed by atoms with Crippen LogP contribution < -0.4 is 10.9 Å². The number of anilines is 1. The number of rotatable bonds is 5. The Morgan fingerprint density at radius 3 is 2.91 bits per heavy atom. The zero-order valence-electron chi connectivity index (χ0n) is 19.7. The number of pyridine rings is 1. The van der Waals surface area contributed by atoms with Gasteiger partial charge in [-0.15, -0.1) is 0 Å². The number of aromatic nitrogens is 3. The van der Waals surface area contributed by atoms with E-state index < -0.39 is 11.8 Å². The molecule has 2 N–H and O–H groups in total. The lowest BCUT2D eigenvalue weighted by Gasteiger charge is -2.24. The van der Waals surface area contributed by atoms with E-state index in [-0.39, 0.29) is 18.4 Å². The van der Waals surface area contributed by atoms with E-state index in [9.17, 15) is 18.8 Å². The van der Waals surface area contributed by atoms with E-state index in [0.717, 1.165) is 30.8 Å². The quantitative estimate of drug-likeness (QED) is 0.584. The molecule has 2 aromatic heterocycles. The number of hydrogen-bond acceptors (Lipinski definition) is 6. The zero-order chi connectivity index (χ0) is 24.7. The van der Waals surface area contributed by atoms with Crippen LogP contribution in [0, 0.1) is 11.3 Å². The van der Waals surface area contributed by atoms with E-state index in [1.54, 1.807) is 25.3 Å². The average molecular weight is 477 g/mol. The molecule has 180 valence electrons. The Morgan fingerprint density at radius 2 is 2.14 bits per heavy atom. The highest BCUT2D eigenvalue weighted by atomic mass is 19.3. The molecule has 0 aliphatic carbocycles. The minimum absolute atomic E-state index is 0.138. The monoisotopic (exact) mass is 476 g/mol. The summed E-state index contributed by atoms with van der Waals surface area (Å²) in [5, 5.41) is 12.9. The van der Waals surface area contributed by atoms with Crippen molar-refractivity contribution >= 4 is 5.69 Å². The summed E-state index contributed by atoms with van der Waals surface area (Å²) in [5.74, 6) is 0.476. The first-order valence-electron chi connectivity index (χ1n) is 11.6. The van der Waals surface area contributed by atoms with Gasteiger partial charge in [0.15, 0.2) is 0 Å². The SMILES string of the molecule is CN1CCc2[nH]c(=O)c(Cc3nccc(-c4cc(C#N)c5c(c4)C(C)(CC(F)F)CN5)n3)cc2C1. The molecule has 1 atom stereocenters. The molecular formula is C26H26F2N6O. The van der Waals surface area contributed by atoms with Crippen LogP contribution in [0.5, 0.6) is 0 Å². The highest BCUT2D eigenvalue weighted by Crippen LogP contribution is 2.44. The van der Waals surface area contributed by atoms with Gasteiger partial charge in [0.1, 0.15) is 11.9 Å². The fourth-order valence-corrected chi connectivity index (χ4v) is 5.09. The second-order valence-electron chi connectivity index (χ2n) is 9.72. The van der Waals surface area contributed by atoms with Crippen molar-refractivity contribution in [3.8, 4) is 17.3 Å². The first kappa shape index (κ1) is 23.1. The minimum atomic E-state index is -2.46. The van der Waals surface area contributed by atoms with Crippen LogP contribution in [-0.2, 0) is 24.8 Å². The summed E-state index contributed by atoms with van der Waals surface area (Å²) in [5.41, 5.74) is 4.69. The van der Waals surface area contributed by atoms with Crippen LogP contribution >= 0.6 is 0 Å². The molecule has 2 aliphatic heterocycles. The van der Waals surface area contributed by atoms with Crippen molar-refractivity contribution in [3.63, 3.8) is 0 Å². The van der Waals surface area contributed by atoms with Crippen molar-refractivity contribution in [1.29, 1.82) is 5.26 Å². The summed E-state index contributed by atoms with van der Waals surface area (Å²) in [6, 6.07) is 9.40. The molecule has 1 aromatic carbocycles. The smallest absolute Gasteiger partial charge is 0.251 e. The lowest BCUT2D eigenvalue weighted by atomic mass is 9.80. The number of nitrogens with one attached hydrogen (secondary N) is 2. The average Bonchev–Trinajstić information content (AvgIpc) is 3.15. The maximum absolute atomic E-state index is 13.3. The van der Waals surface area contributed by atoms with Crippen molar-refractivity contribution in [2.24, 2.45) is 0 Å². The topological polar surface area (TPSA) is 97.7 Å². The fraction of sp³-hybridized carbons (Fsp3) is 0.385. The molecule has 4 heterocycles. The number of halogens is 2. The Bertz CT molecular complexity index is 1400. The third-order valence-electron chi connectivity index (χ3n) is 6.99. The van der Waals surface area contributed by atoms with Gasteiger partial charge in [0.05, 0.1) is 16.9 Å². The van der Waals surface area contributed by atoms with E-state index in [1.165, 1.54) is 0 Å². The van der Waals surface area contributed by atoms with Crippen LogP contribution in [0.25, 0.3) is 11.3 Å². The van der Waals surface area contributed by atoms with Crippen molar-refractivity contribution < 1.29 is 8.78 Å². The molecule has 0 saturated heterocycles. The minimum Gasteiger partial charge on any atom is -0.383 e. The third-order valence-corrected chi connectivity index (χ3v) is 6.99. The van der Waals surface area contributed by atoms with E-state index >= 15 is 0 Å². The van der Waals surface area contributed by atoms with Crippen LogP contribution in [-0.4, -0.2) is 46.4 Å². The maximum atomic E-state index is 13.3. The number of hydrogen-bond donors (Lipinski definition) is 2. The molecule has 3 aromatic rings. The molecule has 2 aliphatic rings. The predicted octanol–water partition coefficient (Wildman–Crippen LogP) is 3.62. The summed E-state index contributed by atoms with van der Waals surface area (Å²) in [6.45, 7) is 3.81. The summed E-state index contributed by atoms with van der Waals surface area (Å²) < 4.78 is 26.6. The number of H-pyrrole nitrogens is 1. The fourth-order valence-electron chi connectivity index (χ4n) is 5.09. The van der Waals surface area contributed by atoms with Gasteiger partial charge in [0.2, 0.25) is 6.43 Å². The third kappa shape index (κ3) is 4.42. The Kier molecular flexibility index (Phi) is 5.85. The molecule has 0 radical (unpaired) electrons. The van der Waals surface area contributed by atoms with E-state index in [4.69, 9.17) is 0 Å². The lowest BCUT2D eigenvalue weighted by Crippen LogP contribution is -2.30. The highest BCUT2D eigenvalue weighted by Gasteiger charge is 2.38. The van der Waals surface area contributed by atoms with Gasteiger partial charge < -0.3 is 15.2 Å². The Morgan fingerprint density at radius 1 is 1.31 bits per heavy atom. The molecule has 0 bridgehead atoms. The lowest BCUT2D eigenvalue weighted by molar-refractivity contribution is 0.111. The molecule has 0 saturated carbocycles. The van der Waals surface area contributed by atoms with Gasteiger partial charge in [-0.3, -0.25) is 4.79 Å². The number of nitrogens with zero attached hydrogens (tertiary/aromatic N) is 4. The molecule has 1 unspecified atom stereocenters. The predicted molar refractivity (Wildman–Crippen MR) is 129 cm³/mol. The van der Waals surface area contributed by atoms with Gasteiger partial charge >= 0.3 is 0 Å². The van der Waals surface area contributed by atoms with Gasteiger partial charge in [-0.05, 0) is 42.4 Å². The highest BCUT2D eigenvalue weighted by molar-refractivity contribution is 5.76. The first-order chi connectivity index (χ1) is 16.8. The molecule has 5 rings (SSSR count). The van der Waals surface area contributed by atoms with Gasteiger partial charge in [0, 0.05) is 67.3 Å². The van der Waals surface area contributed by atoms with E-state index in [0.29, 0.717) is 46.0 Å². The normalized spacial score (nSPS) is 19.2. The number of likely N-dealkylation sites (N-methyl/N-ethyl adjacent to an activating group) is 1. The standard InChI is InChI=1S/C26H26F2N6O/c1-26(11-22(27)28)14-31-24-17(12-29)7-15(9-19(24)26)20-3-5-30-23(32-20)10-16-8-18-13-34(2)6-4-21(18)33-25(16)35/h3,5,7-9,22,31H,4,6,10-11,13-14H2,1-2H3,(H,33,35). The Hall–Kier alpha value is -3.64. The van der Waals surface area contributed by atoms with Crippen LogP contribution in [0.2, 0.25) is 0 Å². The van der Waals surface area contributed by atoms with Gasteiger partial charge in [-0.2, -0.15) is 5.26 Å². The van der Waals surface area contributed by atoms with Gasteiger partial charge in [-0.1, -0.05) is 6.92 Å². The molecule has 9 heteroatoms. The van der Waals surface area contributed by atoms with E-state index in [1.807, 2.05) is 19.2 Å². The van der Waals surface area contributed by atoms with Crippen LogP contribution in [0.3, 0.4) is 0 Å². The number of fused-ring (bicyclic) bond motifs is 2. The summed E-state index contributed by atoms with van der Waals surface area (Å²) in [7, 11) is 2.05. The zero-order valence-corrected chi connectivity index (χ0v) is 19.7. The molecule has 0 spiro atoms. The molecule has 35 heavy (non-hydrogen) atoms. The van der Waals surface area contributed by atoms with Crippen molar-refractivity contribution in [2.75, 3.05) is 25.5 Å². The second kappa shape index (κ2) is 8.86. The van der Waals surface area contributed by atoms with Crippen molar-refractivity contribution in [3.05, 3.63) is 74.6 Å². The van der Waals surface area contributed by atoms with Crippen LogP contribution in [0.15, 0.2) is 35.3 Å². The van der Waals surface area contributed by atoms with Crippen molar-refractivity contribution in [1.82, 2.24) is 19.9 Å². The van der Waals surface area contributed by atoms with Crippen molar-refractivity contribution in [2.45, 2.75) is 44.6 Å². The van der Waals surface area contributed by atoms with Gasteiger partial charge in [-0.25, -0.2) is 18.7 Å². The van der Waals surface area contributed by atoms with Crippen LogP contribution in [0.1, 0.15) is 47.1 Å². The summed E-state index contributed by atoms with van der Waals surface area (Å²) in [4.78, 5) is 26.9. The second-order valence-corrected chi connectivity index (χ2v) is 9.72. The summed E-state index contributed by atoms with van der Waals surface area (Å²) in [6.07, 6.45) is -0.0599. The number of alkyl halides is 2. The van der Waals surface area contributed by atoms with E-state index in [2.05, 4.69) is 31.2 Å². The molecule has 0 amide bonds. The Labute approximate surface area is 201 Å². The first-order valence-corrected chi connectivity index (χ1v) is 11.6. The number of aromatic amines is 1. The molecular weight excluding hydrogens is 450 g/mol. The number of nitriles is 1. The maximum Gasteiger partial charge on any atom is 0.251 e.